The van der Waals surface area contributed by atoms with Crippen molar-refractivity contribution in [2.75, 3.05) is 13.1 Å². The number of nitrogens with zero attached hydrogens (tertiary/aromatic N) is 2. The van der Waals surface area contributed by atoms with Gasteiger partial charge in [0.15, 0.2) is 0 Å². The maximum absolute atomic E-state index is 13.7. The molecule has 1 unspecified atom stereocenters. The third-order valence-electron chi connectivity index (χ3n) is 7.29. The Hall–Kier alpha value is -4.39. The normalized spacial score (nSPS) is 15.8. The summed E-state index contributed by atoms with van der Waals surface area (Å²) in [5.41, 5.74) is 2.60. The monoisotopic (exact) mass is 527 g/mol. The van der Waals surface area contributed by atoms with Crippen molar-refractivity contribution in [3.05, 3.63) is 121 Å². The lowest BCUT2D eigenvalue weighted by molar-refractivity contribution is -0.128. The average molecular weight is 528 g/mol. The summed E-state index contributed by atoms with van der Waals surface area (Å²) in [6.07, 6.45) is 3.71. The Morgan fingerprint density at radius 1 is 0.897 bits per heavy atom. The van der Waals surface area contributed by atoms with Gasteiger partial charge in [-0.05, 0) is 78.9 Å². The molecule has 0 saturated carbocycles. The first kappa shape index (κ1) is 27.6. The fourth-order valence-electron chi connectivity index (χ4n) is 4.99. The molecule has 0 spiro atoms. The first-order chi connectivity index (χ1) is 18.8. The number of piperidine rings is 1. The Morgan fingerprint density at radius 2 is 1.41 bits per heavy atom. The van der Waals surface area contributed by atoms with Crippen LogP contribution in [0.25, 0.3) is 11.1 Å². The number of carbonyl (C=O) groups excluding carboxylic acids is 2. The van der Waals surface area contributed by atoms with Gasteiger partial charge in [-0.3, -0.25) is 14.6 Å². The molecule has 0 aromatic heterocycles. The predicted octanol–water partition coefficient (Wildman–Crippen LogP) is 6.08. The number of aliphatic imine (C=N–C) groups is 1. The summed E-state index contributed by atoms with van der Waals surface area (Å²) in [7, 11) is 0. The summed E-state index contributed by atoms with van der Waals surface area (Å²) < 4.78 is 27.0. The lowest BCUT2D eigenvalue weighted by Gasteiger charge is -2.41. The zero-order valence-electron chi connectivity index (χ0n) is 21.9. The van der Waals surface area contributed by atoms with E-state index in [1.807, 2.05) is 19.1 Å². The zero-order valence-corrected chi connectivity index (χ0v) is 21.9. The van der Waals surface area contributed by atoms with E-state index in [0.29, 0.717) is 42.8 Å². The van der Waals surface area contributed by atoms with Crippen molar-refractivity contribution in [3.63, 3.8) is 0 Å². The second kappa shape index (κ2) is 12.0. The molecule has 7 heteroatoms. The van der Waals surface area contributed by atoms with Crippen LogP contribution in [0.3, 0.4) is 0 Å². The Kier molecular flexibility index (Phi) is 8.49. The first-order valence-electron chi connectivity index (χ1n) is 12.8. The fraction of sp³-hybridized carbons (Fsp3) is 0.219. The number of rotatable bonds is 8. The van der Waals surface area contributed by atoms with E-state index in [9.17, 15) is 18.4 Å². The molecule has 39 heavy (non-hydrogen) atoms. The van der Waals surface area contributed by atoms with Gasteiger partial charge in [-0.1, -0.05) is 49.6 Å². The second-order valence-corrected chi connectivity index (χ2v) is 9.60. The van der Waals surface area contributed by atoms with E-state index >= 15 is 0 Å². The number of amides is 2. The summed E-state index contributed by atoms with van der Waals surface area (Å²) in [4.78, 5) is 33.0. The third-order valence-corrected chi connectivity index (χ3v) is 7.29. The van der Waals surface area contributed by atoms with Crippen molar-refractivity contribution in [1.29, 1.82) is 0 Å². The van der Waals surface area contributed by atoms with Gasteiger partial charge in [-0.2, -0.15) is 0 Å². The van der Waals surface area contributed by atoms with Gasteiger partial charge < -0.3 is 10.2 Å². The molecule has 1 atom stereocenters. The van der Waals surface area contributed by atoms with Gasteiger partial charge in [0, 0.05) is 24.9 Å². The molecule has 4 rings (SSSR count). The Morgan fingerprint density at radius 3 is 1.92 bits per heavy atom. The minimum atomic E-state index is -0.939. The number of likely N-dealkylation sites (tertiary alicyclic amines) is 1. The van der Waals surface area contributed by atoms with Crippen LogP contribution >= 0.6 is 0 Å². The number of benzene rings is 3. The van der Waals surface area contributed by atoms with Gasteiger partial charge in [-0.15, -0.1) is 0 Å². The first-order valence-corrected chi connectivity index (χ1v) is 12.8. The number of halogens is 2. The molecule has 2 amide bonds. The molecule has 5 nitrogen and oxygen atoms in total. The zero-order chi connectivity index (χ0) is 28.0. The van der Waals surface area contributed by atoms with Crippen LogP contribution in [-0.4, -0.2) is 41.6 Å². The molecule has 200 valence electrons. The Bertz CT molecular complexity index is 1370. The molecule has 1 aliphatic rings. The van der Waals surface area contributed by atoms with Crippen LogP contribution in [0.4, 0.5) is 8.78 Å². The van der Waals surface area contributed by atoms with Gasteiger partial charge in [0.25, 0.3) is 5.91 Å². The SMILES string of the molecule is C=CN=C(C=C)C(C)NC(=O)C1(c2ccc(F)cc2)CCN(C(=O)c2ccc(-c3ccc(F)cc3)cc2)CC1. The van der Waals surface area contributed by atoms with Crippen LogP contribution in [-0.2, 0) is 10.2 Å². The van der Waals surface area contributed by atoms with E-state index in [-0.39, 0.29) is 23.4 Å². The van der Waals surface area contributed by atoms with Crippen molar-refractivity contribution >= 4 is 17.5 Å². The molecule has 1 N–H and O–H groups in total. The van der Waals surface area contributed by atoms with Crippen LogP contribution in [0.5, 0.6) is 0 Å². The Labute approximate surface area is 227 Å². The van der Waals surface area contributed by atoms with Crippen LogP contribution in [0, 0.1) is 11.6 Å². The van der Waals surface area contributed by atoms with Crippen LogP contribution in [0.2, 0.25) is 0 Å². The quantitative estimate of drug-likeness (QED) is 0.361. The lowest BCUT2D eigenvalue weighted by atomic mass is 9.71. The average Bonchev–Trinajstić information content (AvgIpc) is 2.96. The number of hydrogen-bond acceptors (Lipinski definition) is 3. The summed E-state index contributed by atoms with van der Waals surface area (Å²) in [6, 6.07) is 18.9. The number of carbonyl (C=O) groups is 2. The maximum Gasteiger partial charge on any atom is 0.253 e. The van der Waals surface area contributed by atoms with E-state index in [0.717, 1.165) is 11.1 Å². The van der Waals surface area contributed by atoms with Gasteiger partial charge >= 0.3 is 0 Å². The molecular weight excluding hydrogens is 496 g/mol. The fourth-order valence-corrected chi connectivity index (χ4v) is 4.99. The van der Waals surface area contributed by atoms with Crippen molar-refractivity contribution in [2.45, 2.75) is 31.2 Å². The van der Waals surface area contributed by atoms with E-state index in [4.69, 9.17) is 0 Å². The molecule has 1 fully saturated rings. The van der Waals surface area contributed by atoms with Crippen molar-refractivity contribution in [3.8, 4) is 11.1 Å². The van der Waals surface area contributed by atoms with E-state index in [2.05, 4.69) is 23.5 Å². The molecule has 1 saturated heterocycles. The van der Waals surface area contributed by atoms with Crippen LogP contribution in [0.1, 0.15) is 35.7 Å². The highest BCUT2D eigenvalue weighted by molar-refractivity contribution is 6.02. The molecular formula is C32H31F2N3O2. The number of nitrogens with one attached hydrogen (secondary N) is 1. The molecule has 0 bridgehead atoms. The van der Waals surface area contributed by atoms with Crippen LogP contribution < -0.4 is 5.32 Å². The molecule has 1 aliphatic heterocycles. The molecule has 1 heterocycles. The highest BCUT2D eigenvalue weighted by Crippen LogP contribution is 2.37. The summed E-state index contributed by atoms with van der Waals surface area (Å²) in [5, 5.41) is 3.03. The van der Waals surface area contributed by atoms with Crippen molar-refractivity contribution < 1.29 is 18.4 Å². The minimum absolute atomic E-state index is 0.130. The standard InChI is InChI=1S/C32H31F2N3O2/c1-4-29(35-5-2)22(3)36-31(39)32(26-12-16-28(34)17-13-26)18-20-37(21-19-32)30(38)25-8-6-23(7-9-25)24-10-14-27(33)15-11-24/h4-17,22H,1-2,18-21H2,3H3,(H,36,39). The predicted molar refractivity (Wildman–Crippen MR) is 150 cm³/mol. The van der Waals surface area contributed by atoms with Gasteiger partial charge in [-0.25, -0.2) is 8.78 Å². The van der Waals surface area contributed by atoms with Gasteiger partial charge in [0.1, 0.15) is 11.6 Å². The summed E-state index contributed by atoms with van der Waals surface area (Å²) >= 11 is 0. The van der Waals surface area contributed by atoms with E-state index < -0.39 is 11.5 Å². The largest absolute Gasteiger partial charge is 0.347 e. The minimum Gasteiger partial charge on any atom is -0.347 e. The topological polar surface area (TPSA) is 61.8 Å². The van der Waals surface area contributed by atoms with E-state index in [1.165, 1.54) is 30.5 Å². The van der Waals surface area contributed by atoms with Gasteiger partial charge in [0.05, 0.1) is 17.2 Å². The third kappa shape index (κ3) is 6.03. The summed E-state index contributed by atoms with van der Waals surface area (Å²) in [6.45, 7) is 9.89. The maximum atomic E-state index is 13.7. The molecule has 0 aliphatic carbocycles. The molecule has 3 aromatic carbocycles. The van der Waals surface area contributed by atoms with Crippen molar-refractivity contribution in [2.24, 2.45) is 4.99 Å². The molecule has 0 radical (unpaired) electrons. The van der Waals surface area contributed by atoms with Crippen molar-refractivity contribution in [1.82, 2.24) is 10.2 Å². The smallest absolute Gasteiger partial charge is 0.253 e. The van der Waals surface area contributed by atoms with Gasteiger partial charge in [0.2, 0.25) is 5.91 Å². The summed E-state index contributed by atoms with van der Waals surface area (Å²) in [5.74, 6) is -1.03. The van der Waals surface area contributed by atoms with E-state index in [1.54, 1.807) is 47.4 Å². The second-order valence-electron chi connectivity index (χ2n) is 9.60. The Balaban J connectivity index is 1.52. The highest BCUT2D eigenvalue weighted by atomic mass is 19.1. The molecule has 3 aromatic rings. The van der Waals surface area contributed by atoms with Crippen LogP contribution in [0.15, 0.2) is 103 Å². The highest BCUT2D eigenvalue weighted by Gasteiger charge is 2.44. The number of hydrogen-bond donors (Lipinski definition) is 1. The lowest BCUT2D eigenvalue weighted by Crippen LogP contribution is -2.55.